The molecular formula is C11H8Cl3N3. The molecule has 0 saturated heterocycles. The number of halogens is 3. The standard InChI is InChI=1S/C11H8Cl3N3/c1-6-5-15-11(14)17-10(6)16-9-7(12)3-2-4-8(9)13/h2-5H,1H3,(H,15,16,17). The van der Waals surface area contributed by atoms with Gasteiger partial charge in [0.05, 0.1) is 15.7 Å². The lowest BCUT2D eigenvalue weighted by Crippen LogP contribution is -1.99. The van der Waals surface area contributed by atoms with Gasteiger partial charge in [-0.15, -0.1) is 0 Å². The Morgan fingerprint density at radius 3 is 2.41 bits per heavy atom. The number of aromatic nitrogens is 2. The van der Waals surface area contributed by atoms with Crippen LogP contribution in [0.5, 0.6) is 0 Å². The van der Waals surface area contributed by atoms with Crippen molar-refractivity contribution < 1.29 is 0 Å². The molecule has 0 atom stereocenters. The largest absolute Gasteiger partial charge is 0.337 e. The van der Waals surface area contributed by atoms with Crippen LogP contribution in [-0.4, -0.2) is 9.97 Å². The van der Waals surface area contributed by atoms with Crippen molar-refractivity contribution >= 4 is 46.3 Å². The third-order valence-corrected chi connectivity index (χ3v) is 2.96. The Morgan fingerprint density at radius 1 is 1.12 bits per heavy atom. The highest BCUT2D eigenvalue weighted by molar-refractivity contribution is 6.39. The summed E-state index contributed by atoms with van der Waals surface area (Å²) in [5.41, 5.74) is 1.46. The summed E-state index contributed by atoms with van der Waals surface area (Å²) in [7, 11) is 0. The van der Waals surface area contributed by atoms with Gasteiger partial charge in [-0.1, -0.05) is 29.3 Å². The second-order valence-corrected chi connectivity index (χ2v) is 4.54. The average molecular weight is 289 g/mol. The van der Waals surface area contributed by atoms with Crippen LogP contribution in [0.1, 0.15) is 5.56 Å². The topological polar surface area (TPSA) is 37.8 Å². The van der Waals surface area contributed by atoms with Gasteiger partial charge >= 0.3 is 0 Å². The van der Waals surface area contributed by atoms with Crippen molar-refractivity contribution in [3.8, 4) is 0 Å². The first-order valence-corrected chi connectivity index (χ1v) is 5.91. The second kappa shape index (κ2) is 5.08. The lowest BCUT2D eigenvalue weighted by Gasteiger charge is -2.11. The number of hydrogen-bond donors (Lipinski definition) is 1. The molecule has 0 saturated carbocycles. The molecule has 0 aliphatic carbocycles. The van der Waals surface area contributed by atoms with E-state index in [4.69, 9.17) is 34.8 Å². The maximum Gasteiger partial charge on any atom is 0.224 e. The van der Waals surface area contributed by atoms with E-state index in [0.29, 0.717) is 21.6 Å². The van der Waals surface area contributed by atoms with Crippen molar-refractivity contribution in [3.63, 3.8) is 0 Å². The zero-order valence-electron chi connectivity index (χ0n) is 8.84. The summed E-state index contributed by atoms with van der Waals surface area (Å²) in [5, 5.41) is 4.26. The van der Waals surface area contributed by atoms with Crippen LogP contribution in [-0.2, 0) is 0 Å². The molecular weight excluding hydrogens is 281 g/mol. The van der Waals surface area contributed by atoms with E-state index in [9.17, 15) is 0 Å². The van der Waals surface area contributed by atoms with E-state index in [1.807, 2.05) is 6.92 Å². The molecule has 2 rings (SSSR count). The Bertz CT molecular complexity index is 537. The molecule has 0 aliphatic heterocycles. The minimum Gasteiger partial charge on any atom is -0.337 e. The highest BCUT2D eigenvalue weighted by Gasteiger charge is 2.08. The number of nitrogens with one attached hydrogen (secondary N) is 1. The van der Waals surface area contributed by atoms with E-state index in [-0.39, 0.29) is 5.28 Å². The fourth-order valence-electron chi connectivity index (χ4n) is 1.28. The minimum atomic E-state index is 0.168. The van der Waals surface area contributed by atoms with Crippen molar-refractivity contribution in [2.75, 3.05) is 5.32 Å². The Kier molecular flexibility index (Phi) is 3.72. The number of rotatable bonds is 2. The van der Waals surface area contributed by atoms with Gasteiger partial charge in [-0.3, -0.25) is 0 Å². The first-order chi connectivity index (χ1) is 8.08. The Hall–Kier alpha value is -1.03. The third-order valence-electron chi connectivity index (χ3n) is 2.15. The predicted molar refractivity (Wildman–Crippen MR) is 71.5 cm³/mol. The molecule has 1 N–H and O–H groups in total. The number of hydrogen-bond acceptors (Lipinski definition) is 3. The van der Waals surface area contributed by atoms with Crippen molar-refractivity contribution in [2.24, 2.45) is 0 Å². The number of aryl methyl sites for hydroxylation is 1. The van der Waals surface area contributed by atoms with E-state index in [2.05, 4.69) is 15.3 Å². The summed E-state index contributed by atoms with van der Waals surface area (Å²) < 4.78 is 0. The van der Waals surface area contributed by atoms with Gasteiger partial charge in [-0.2, -0.15) is 0 Å². The lowest BCUT2D eigenvalue weighted by molar-refractivity contribution is 1.13. The molecule has 3 nitrogen and oxygen atoms in total. The Balaban J connectivity index is 2.41. The van der Waals surface area contributed by atoms with Crippen LogP contribution in [0.2, 0.25) is 15.3 Å². The molecule has 1 aromatic heterocycles. The molecule has 0 radical (unpaired) electrons. The van der Waals surface area contributed by atoms with Gasteiger partial charge in [0.1, 0.15) is 5.82 Å². The number of anilines is 2. The quantitative estimate of drug-likeness (QED) is 0.827. The maximum absolute atomic E-state index is 6.05. The van der Waals surface area contributed by atoms with Crippen LogP contribution in [0.4, 0.5) is 11.5 Å². The minimum absolute atomic E-state index is 0.168. The summed E-state index contributed by atoms with van der Waals surface area (Å²) in [4.78, 5) is 7.95. The van der Waals surface area contributed by atoms with Crippen molar-refractivity contribution in [3.05, 3.63) is 45.3 Å². The van der Waals surface area contributed by atoms with E-state index in [0.717, 1.165) is 5.56 Å². The molecule has 0 bridgehead atoms. The number of nitrogens with zero attached hydrogens (tertiary/aromatic N) is 2. The SMILES string of the molecule is Cc1cnc(Cl)nc1Nc1c(Cl)cccc1Cl. The smallest absolute Gasteiger partial charge is 0.224 e. The van der Waals surface area contributed by atoms with Crippen molar-refractivity contribution in [1.29, 1.82) is 0 Å². The average Bonchev–Trinajstić information content (AvgIpc) is 2.28. The Labute approximate surface area is 114 Å². The van der Waals surface area contributed by atoms with Crippen LogP contribution in [0.25, 0.3) is 0 Å². The van der Waals surface area contributed by atoms with E-state index >= 15 is 0 Å². The molecule has 0 unspecified atom stereocenters. The van der Waals surface area contributed by atoms with Gasteiger partial charge in [-0.05, 0) is 30.7 Å². The van der Waals surface area contributed by atoms with Gasteiger partial charge in [0.15, 0.2) is 0 Å². The van der Waals surface area contributed by atoms with Crippen molar-refractivity contribution in [2.45, 2.75) is 6.92 Å². The second-order valence-electron chi connectivity index (χ2n) is 3.39. The van der Waals surface area contributed by atoms with Gasteiger partial charge in [0, 0.05) is 11.8 Å². The highest BCUT2D eigenvalue weighted by atomic mass is 35.5. The molecule has 2 aromatic rings. The number of benzene rings is 1. The molecule has 0 fully saturated rings. The molecule has 88 valence electrons. The lowest BCUT2D eigenvalue weighted by atomic mass is 10.3. The van der Waals surface area contributed by atoms with E-state index in [1.54, 1.807) is 24.4 Å². The van der Waals surface area contributed by atoms with E-state index in [1.165, 1.54) is 0 Å². The fourth-order valence-corrected chi connectivity index (χ4v) is 1.91. The predicted octanol–water partition coefficient (Wildman–Crippen LogP) is 4.49. The molecule has 6 heteroatoms. The maximum atomic E-state index is 6.05. The van der Waals surface area contributed by atoms with Crippen molar-refractivity contribution in [1.82, 2.24) is 9.97 Å². The van der Waals surface area contributed by atoms with Crippen LogP contribution >= 0.6 is 34.8 Å². The third kappa shape index (κ3) is 2.80. The normalized spacial score (nSPS) is 10.4. The van der Waals surface area contributed by atoms with Crippen LogP contribution in [0.3, 0.4) is 0 Å². The summed E-state index contributed by atoms with van der Waals surface area (Å²) >= 11 is 17.8. The summed E-state index contributed by atoms with van der Waals surface area (Å²) in [6.07, 6.45) is 1.63. The summed E-state index contributed by atoms with van der Waals surface area (Å²) in [6.45, 7) is 1.86. The van der Waals surface area contributed by atoms with Gasteiger partial charge < -0.3 is 5.32 Å². The monoisotopic (exact) mass is 287 g/mol. The first kappa shape index (κ1) is 12.4. The molecule has 0 spiro atoms. The molecule has 0 amide bonds. The van der Waals surface area contributed by atoms with Crippen LogP contribution < -0.4 is 5.32 Å². The first-order valence-electron chi connectivity index (χ1n) is 4.78. The van der Waals surface area contributed by atoms with Crippen LogP contribution in [0.15, 0.2) is 24.4 Å². The zero-order valence-corrected chi connectivity index (χ0v) is 11.1. The summed E-state index contributed by atoms with van der Waals surface area (Å²) in [6, 6.07) is 5.26. The molecule has 1 heterocycles. The fraction of sp³-hybridized carbons (Fsp3) is 0.0909. The zero-order chi connectivity index (χ0) is 12.4. The molecule has 1 aromatic carbocycles. The molecule has 17 heavy (non-hydrogen) atoms. The van der Waals surface area contributed by atoms with Gasteiger partial charge in [0.25, 0.3) is 0 Å². The van der Waals surface area contributed by atoms with E-state index < -0.39 is 0 Å². The van der Waals surface area contributed by atoms with Gasteiger partial charge in [0.2, 0.25) is 5.28 Å². The summed E-state index contributed by atoms with van der Waals surface area (Å²) in [5.74, 6) is 0.583. The molecule has 0 aliphatic rings. The Morgan fingerprint density at radius 2 is 1.76 bits per heavy atom. The highest BCUT2D eigenvalue weighted by Crippen LogP contribution is 2.32. The number of para-hydroxylation sites is 1. The van der Waals surface area contributed by atoms with Crippen LogP contribution in [0, 0.1) is 6.92 Å². The van der Waals surface area contributed by atoms with Gasteiger partial charge in [-0.25, -0.2) is 9.97 Å².